The van der Waals surface area contributed by atoms with Gasteiger partial charge in [0.2, 0.25) is 0 Å². The van der Waals surface area contributed by atoms with Crippen LogP contribution < -0.4 is 11.1 Å². The van der Waals surface area contributed by atoms with Gasteiger partial charge in [0.15, 0.2) is 11.5 Å². The molecule has 0 aliphatic heterocycles. The molecule has 4 N–H and O–H groups in total. The Morgan fingerprint density at radius 2 is 2.03 bits per heavy atom. The Labute approximate surface area is 204 Å². The average molecular weight is 492 g/mol. The van der Waals surface area contributed by atoms with Gasteiger partial charge < -0.3 is 24.4 Å². The molecule has 3 aromatic heterocycles. The summed E-state index contributed by atoms with van der Waals surface area (Å²) in [6, 6.07) is 11.0. The van der Waals surface area contributed by atoms with E-state index in [1.165, 1.54) is 0 Å². The highest BCUT2D eigenvalue weighted by Crippen LogP contribution is 2.50. The minimum atomic E-state index is -0.947. The molecule has 1 amide bonds. The number of aliphatic carboxylic acids is 1. The van der Waals surface area contributed by atoms with Crippen molar-refractivity contribution in [2.45, 2.75) is 38.2 Å². The highest BCUT2D eigenvalue weighted by molar-refractivity contribution is 7.10. The maximum absolute atomic E-state index is 12.5. The normalized spacial score (nSPS) is 14.7. The molecule has 178 valence electrons. The van der Waals surface area contributed by atoms with Gasteiger partial charge in [-0.3, -0.25) is 10.1 Å². The lowest BCUT2D eigenvalue weighted by molar-refractivity contribution is -0.140. The molecule has 1 aromatic carbocycles. The third-order valence-corrected chi connectivity index (χ3v) is 6.68. The minimum absolute atomic E-state index is 0.210. The molecule has 35 heavy (non-hydrogen) atoms. The first-order valence-electron chi connectivity index (χ1n) is 10.8. The zero-order valence-electron chi connectivity index (χ0n) is 18.9. The Morgan fingerprint density at radius 1 is 1.26 bits per heavy atom. The number of amides is 1. The molecule has 1 unspecified atom stereocenters. The number of carboxylic acids is 1. The van der Waals surface area contributed by atoms with Crippen LogP contribution in [0.25, 0.3) is 11.2 Å². The molecule has 1 fully saturated rings. The molecule has 0 spiro atoms. The lowest BCUT2D eigenvalue weighted by Crippen LogP contribution is -2.18. The highest BCUT2D eigenvalue weighted by atomic mass is 32.1. The van der Waals surface area contributed by atoms with E-state index >= 15 is 0 Å². The SMILES string of the molecule is Cc1ccccc1C(C)OC(=O)Nc1c(C#Cc2cc3cc(C4(C(=O)O)CC4)oc3o2)nsc1N. The van der Waals surface area contributed by atoms with Crippen LogP contribution in [0.3, 0.4) is 0 Å². The summed E-state index contributed by atoms with van der Waals surface area (Å²) in [5.74, 6) is 5.68. The molecule has 9 nitrogen and oxygen atoms in total. The van der Waals surface area contributed by atoms with Crippen molar-refractivity contribution in [2.75, 3.05) is 11.1 Å². The summed E-state index contributed by atoms with van der Waals surface area (Å²) < 4.78 is 20.9. The largest absolute Gasteiger partial charge is 0.480 e. The van der Waals surface area contributed by atoms with Gasteiger partial charge in [0.05, 0.1) is 5.39 Å². The van der Waals surface area contributed by atoms with Crippen molar-refractivity contribution >= 4 is 45.4 Å². The topological polar surface area (TPSA) is 141 Å². The number of aromatic nitrogens is 1. The number of nitrogens with one attached hydrogen (secondary N) is 1. The second-order valence-electron chi connectivity index (χ2n) is 8.40. The quantitative estimate of drug-likeness (QED) is 0.324. The predicted molar refractivity (Wildman–Crippen MR) is 129 cm³/mol. The number of nitrogen functional groups attached to an aromatic ring is 1. The van der Waals surface area contributed by atoms with Crippen molar-refractivity contribution < 1.29 is 28.3 Å². The van der Waals surface area contributed by atoms with E-state index in [9.17, 15) is 14.7 Å². The van der Waals surface area contributed by atoms with Crippen LogP contribution in [0.5, 0.6) is 0 Å². The first-order chi connectivity index (χ1) is 16.8. The number of carbonyl (C=O) groups excluding carboxylic acids is 1. The van der Waals surface area contributed by atoms with E-state index in [4.69, 9.17) is 19.3 Å². The summed E-state index contributed by atoms with van der Waals surface area (Å²) in [4.78, 5) is 24.0. The number of aryl methyl sites for hydroxylation is 1. The van der Waals surface area contributed by atoms with Gasteiger partial charge in [-0.15, -0.1) is 0 Å². The molecule has 0 bridgehead atoms. The fourth-order valence-electron chi connectivity index (χ4n) is 3.86. The maximum Gasteiger partial charge on any atom is 0.412 e. The lowest BCUT2D eigenvalue weighted by atomic mass is 10.0. The Kier molecular flexibility index (Phi) is 5.49. The van der Waals surface area contributed by atoms with E-state index < -0.39 is 23.6 Å². The molecule has 10 heteroatoms. The fourth-order valence-corrected chi connectivity index (χ4v) is 4.42. The number of carbonyl (C=O) groups is 2. The Morgan fingerprint density at radius 3 is 2.71 bits per heavy atom. The van der Waals surface area contributed by atoms with E-state index in [1.54, 1.807) is 19.1 Å². The second kappa shape index (κ2) is 8.52. The van der Waals surface area contributed by atoms with Crippen LogP contribution >= 0.6 is 11.5 Å². The minimum Gasteiger partial charge on any atom is -0.480 e. The lowest BCUT2D eigenvalue weighted by Gasteiger charge is -2.16. The number of furan rings is 2. The van der Waals surface area contributed by atoms with Crippen LogP contribution in [-0.4, -0.2) is 21.5 Å². The third kappa shape index (κ3) is 4.22. The summed E-state index contributed by atoms with van der Waals surface area (Å²) in [6.45, 7) is 3.74. The highest BCUT2D eigenvalue weighted by Gasteiger charge is 2.54. The molecule has 0 saturated heterocycles. The summed E-state index contributed by atoms with van der Waals surface area (Å²) in [7, 11) is 0. The number of rotatable bonds is 5. The number of benzene rings is 1. The molecule has 3 heterocycles. The van der Waals surface area contributed by atoms with Crippen molar-refractivity contribution in [1.29, 1.82) is 0 Å². The van der Waals surface area contributed by atoms with Crippen molar-refractivity contribution in [2.24, 2.45) is 0 Å². The zero-order valence-corrected chi connectivity index (χ0v) is 19.7. The molecule has 1 atom stereocenters. The number of carboxylic acid groups (broad SMARTS) is 1. The maximum atomic E-state index is 12.5. The molecule has 0 radical (unpaired) electrons. The molecular formula is C25H21N3O6S. The van der Waals surface area contributed by atoms with Crippen molar-refractivity contribution in [3.8, 4) is 11.8 Å². The number of fused-ring (bicyclic) bond motifs is 1. The second-order valence-corrected chi connectivity index (χ2v) is 9.21. The molecule has 4 aromatic rings. The number of anilines is 2. The number of hydrogen-bond donors (Lipinski definition) is 3. The van der Waals surface area contributed by atoms with Crippen molar-refractivity contribution in [1.82, 2.24) is 4.37 Å². The van der Waals surface area contributed by atoms with Crippen LogP contribution in [0.2, 0.25) is 0 Å². The summed E-state index contributed by atoms with van der Waals surface area (Å²) in [5, 5.41) is 13.0. The van der Waals surface area contributed by atoms with Crippen molar-refractivity contribution in [3.63, 3.8) is 0 Å². The molecular weight excluding hydrogens is 470 g/mol. The van der Waals surface area contributed by atoms with Crippen molar-refractivity contribution in [3.05, 3.63) is 64.7 Å². The van der Waals surface area contributed by atoms with Crippen LogP contribution in [0, 0.1) is 18.8 Å². The van der Waals surface area contributed by atoms with E-state index in [-0.39, 0.29) is 22.2 Å². The first-order valence-corrected chi connectivity index (χ1v) is 11.6. The summed E-state index contributed by atoms with van der Waals surface area (Å²) >= 11 is 0.997. The van der Waals surface area contributed by atoms with Gasteiger partial charge >= 0.3 is 12.1 Å². The van der Waals surface area contributed by atoms with E-state index in [1.807, 2.05) is 31.2 Å². The van der Waals surface area contributed by atoms with Crippen LogP contribution in [-0.2, 0) is 14.9 Å². The molecule has 1 aliphatic carbocycles. The molecule has 1 saturated carbocycles. The summed E-state index contributed by atoms with van der Waals surface area (Å²) in [5.41, 5.74) is 7.49. The zero-order chi connectivity index (χ0) is 24.7. The summed E-state index contributed by atoms with van der Waals surface area (Å²) in [6.07, 6.45) is -0.0552. The third-order valence-electron chi connectivity index (χ3n) is 6.01. The van der Waals surface area contributed by atoms with Crippen LogP contribution in [0.15, 0.2) is 45.2 Å². The number of hydrogen-bond acceptors (Lipinski definition) is 8. The van der Waals surface area contributed by atoms with Gasteiger partial charge in [0.1, 0.15) is 28.0 Å². The van der Waals surface area contributed by atoms with Crippen LogP contribution in [0.4, 0.5) is 15.5 Å². The number of ether oxygens (including phenoxy) is 1. The van der Waals surface area contributed by atoms with Gasteiger partial charge in [0.25, 0.3) is 5.78 Å². The number of nitrogens with zero attached hydrogens (tertiary/aromatic N) is 1. The Bertz CT molecular complexity index is 1480. The van der Waals surface area contributed by atoms with E-state index in [2.05, 4.69) is 21.5 Å². The predicted octanol–water partition coefficient (Wildman–Crippen LogP) is 5.20. The van der Waals surface area contributed by atoms with E-state index in [0.29, 0.717) is 29.7 Å². The molecule has 5 rings (SSSR count). The van der Waals surface area contributed by atoms with Gasteiger partial charge in [-0.1, -0.05) is 24.3 Å². The Hall–Kier alpha value is -4.23. The molecule has 1 aliphatic rings. The smallest absolute Gasteiger partial charge is 0.412 e. The number of nitrogens with two attached hydrogens (primary N) is 1. The van der Waals surface area contributed by atoms with E-state index in [0.717, 1.165) is 22.7 Å². The average Bonchev–Trinajstić information content (AvgIpc) is 3.25. The van der Waals surface area contributed by atoms with Gasteiger partial charge in [0, 0.05) is 6.07 Å². The first kappa shape index (κ1) is 22.6. The Balaban J connectivity index is 1.30. The van der Waals surface area contributed by atoms with Gasteiger partial charge in [-0.05, 0) is 67.3 Å². The van der Waals surface area contributed by atoms with Gasteiger partial charge in [-0.25, -0.2) is 4.79 Å². The standard InChI is InChI=1S/C25H21N3O6S/c1-13-5-3-4-6-17(13)14(2)32-24(31)27-20-18(28-35-21(20)26)8-7-16-11-15-12-19(34-22(15)33-16)25(9-10-25)23(29)30/h3-6,11-12,14H,9-10,26H2,1-2H3,(H,27,31)(H,29,30). The van der Waals surface area contributed by atoms with Gasteiger partial charge in [-0.2, -0.15) is 4.37 Å². The van der Waals surface area contributed by atoms with Crippen LogP contribution in [0.1, 0.15) is 54.2 Å². The monoisotopic (exact) mass is 491 g/mol. The fraction of sp³-hybridized carbons (Fsp3) is 0.240.